The smallest absolute Gasteiger partial charge is 0.0678 e. The van der Waals surface area contributed by atoms with Crippen LogP contribution in [0.1, 0.15) is 46.5 Å². The highest BCUT2D eigenvalue weighted by atomic mass is 16.5. The summed E-state index contributed by atoms with van der Waals surface area (Å²) in [6, 6.07) is 0. The maximum Gasteiger partial charge on any atom is 0.0678 e. The minimum atomic E-state index is 0.393. The molecule has 0 saturated carbocycles. The monoisotopic (exact) mass is 254 g/mol. The van der Waals surface area contributed by atoms with E-state index < -0.39 is 0 Å². The summed E-state index contributed by atoms with van der Waals surface area (Å²) in [5.41, 5.74) is 0.518. The van der Waals surface area contributed by atoms with E-state index in [-0.39, 0.29) is 0 Å². The third-order valence-corrected chi connectivity index (χ3v) is 4.40. The van der Waals surface area contributed by atoms with Crippen LogP contribution >= 0.6 is 0 Å². The summed E-state index contributed by atoms with van der Waals surface area (Å²) in [7, 11) is 0. The lowest BCUT2D eigenvalue weighted by molar-refractivity contribution is -0.0801. The first-order valence-electron chi connectivity index (χ1n) is 7.72. The van der Waals surface area contributed by atoms with E-state index in [1.807, 2.05) is 0 Å². The number of hydrogen-bond donors (Lipinski definition) is 1. The molecule has 0 aromatic carbocycles. The first-order valence-corrected chi connectivity index (χ1v) is 7.72. The number of hydrogen-bond acceptors (Lipinski definition) is 3. The molecule has 0 amide bonds. The van der Waals surface area contributed by atoms with E-state index in [4.69, 9.17) is 4.74 Å². The average Bonchev–Trinajstić information content (AvgIpc) is 2.28. The molecule has 2 aliphatic heterocycles. The Morgan fingerprint density at radius 2 is 2.00 bits per heavy atom. The minimum absolute atomic E-state index is 0.393. The normalized spacial score (nSPS) is 38.8. The third kappa shape index (κ3) is 3.69. The second kappa shape index (κ2) is 6.36. The van der Waals surface area contributed by atoms with Crippen LogP contribution in [0.15, 0.2) is 0 Å². The van der Waals surface area contributed by atoms with Crippen LogP contribution < -0.4 is 5.32 Å². The van der Waals surface area contributed by atoms with E-state index >= 15 is 0 Å². The van der Waals surface area contributed by atoms with Gasteiger partial charge in [0.1, 0.15) is 0 Å². The summed E-state index contributed by atoms with van der Waals surface area (Å²) in [5.74, 6) is 0. The van der Waals surface area contributed by atoms with Crippen molar-refractivity contribution in [2.45, 2.75) is 58.7 Å². The van der Waals surface area contributed by atoms with Crippen molar-refractivity contribution in [1.29, 1.82) is 0 Å². The first kappa shape index (κ1) is 14.3. The van der Waals surface area contributed by atoms with Crippen LogP contribution in [0.4, 0.5) is 0 Å². The van der Waals surface area contributed by atoms with Gasteiger partial charge in [0, 0.05) is 26.2 Å². The van der Waals surface area contributed by atoms with Crippen molar-refractivity contribution in [3.63, 3.8) is 0 Å². The van der Waals surface area contributed by atoms with Gasteiger partial charge in [0.15, 0.2) is 0 Å². The molecule has 2 saturated heterocycles. The lowest BCUT2D eigenvalue weighted by atomic mass is 9.76. The number of rotatable bonds is 4. The number of morpholine rings is 1. The third-order valence-electron chi connectivity index (χ3n) is 4.40. The van der Waals surface area contributed by atoms with Gasteiger partial charge in [0.25, 0.3) is 0 Å². The fourth-order valence-electron chi connectivity index (χ4n) is 3.88. The fourth-order valence-corrected chi connectivity index (χ4v) is 3.88. The minimum Gasteiger partial charge on any atom is -0.373 e. The molecule has 106 valence electrons. The maximum absolute atomic E-state index is 5.84. The number of ether oxygens (including phenoxy) is 1. The molecule has 3 atom stereocenters. The molecule has 1 N–H and O–H groups in total. The maximum atomic E-state index is 5.84. The quantitative estimate of drug-likeness (QED) is 0.833. The Bertz CT molecular complexity index is 235. The molecule has 0 radical (unpaired) electrons. The SMILES string of the molecule is CCCC1(CN2CC(C)OC(C)C2)CCCNC1. The zero-order chi connectivity index (χ0) is 13.0. The molecule has 0 aromatic rings. The Hall–Kier alpha value is -0.120. The van der Waals surface area contributed by atoms with Crippen molar-refractivity contribution < 1.29 is 4.74 Å². The highest BCUT2D eigenvalue weighted by molar-refractivity contribution is 4.89. The zero-order valence-electron chi connectivity index (χ0n) is 12.4. The van der Waals surface area contributed by atoms with E-state index in [0.29, 0.717) is 17.6 Å². The van der Waals surface area contributed by atoms with Crippen molar-refractivity contribution in [3.05, 3.63) is 0 Å². The van der Waals surface area contributed by atoms with Crippen molar-refractivity contribution in [3.8, 4) is 0 Å². The highest BCUT2D eigenvalue weighted by Crippen LogP contribution is 2.33. The molecule has 18 heavy (non-hydrogen) atoms. The van der Waals surface area contributed by atoms with Crippen molar-refractivity contribution in [1.82, 2.24) is 10.2 Å². The van der Waals surface area contributed by atoms with Crippen molar-refractivity contribution in [2.75, 3.05) is 32.7 Å². The Labute approximate surface area is 112 Å². The molecule has 3 unspecified atom stereocenters. The van der Waals surface area contributed by atoms with Crippen LogP contribution in [0.5, 0.6) is 0 Å². The van der Waals surface area contributed by atoms with E-state index in [1.54, 1.807) is 0 Å². The number of piperidine rings is 1. The molecule has 3 heteroatoms. The molecule has 0 aromatic heterocycles. The van der Waals surface area contributed by atoms with Crippen LogP contribution in [0, 0.1) is 5.41 Å². The molecular weight excluding hydrogens is 224 g/mol. The lowest BCUT2D eigenvalue weighted by Crippen LogP contribution is -2.53. The van der Waals surface area contributed by atoms with Crippen LogP contribution in [-0.4, -0.2) is 49.8 Å². The van der Waals surface area contributed by atoms with Gasteiger partial charge in [0.05, 0.1) is 12.2 Å². The van der Waals surface area contributed by atoms with Gasteiger partial charge in [0.2, 0.25) is 0 Å². The van der Waals surface area contributed by atoms with Crippen molar-refractivity contribution >= 4 is 0 Å². The van der Waals surface area contributed by atoms with E-state index in [1.165, 1.54) is 45.3 Å². The van der Waals surface area contributed by atoms with Gasteiger partial charge in [-0.3, -0.25) is 4.90 Å². The van der Waals surface area contributed by atoms with Gasteiger partial charge >= 0.3 is 0 Å². The Balaban J connectivity index is 1.95. The second-order valence-electron chi connectivity index (χ2n) is 6.48. The van der Waals surface area contributed by atoms with Gasteiger partial charge in [-0.05, 0) is 45.1 Å². The van der Waals surface area contributed by atoms with E-state index in [2.05, 4.69) is 31.0 Å². The summed E-state index contributed by atoms with van der Waals surface area (Å²) in [5, 5.41) is 3.61. The summed E-state index contributed by atoms with van der Waals surface area (Å²) < 4.78 is 5.84. The molecule has 2 rings (SSSR count). The Morgan fingerprint density at radius 1 is 1.28 bits per heavy atom. The lowest BCUT2D eigenvalue weighted by Gasteiger charge is -2.44. The highest BCUT2D eigenvalue weighted by Gasteiger charge is 2.35. The molecule has 2 fully saturated rings. The predicted molar refractivity (Wildman–Crippen MR) is 75.9 cm³/mol. The Morgan fingerprint density at radius 3 is 2.56 bits per heavy atom. The fraction of sp³-hybridized carbons (Fsp3) is 1.00. The molecule has 3 nitrogen and oxygen atoms in total. The predicted octanol–water partition coefficient (Wildman–Crippen LogP) is 2.27. The molecule has 2 heterocycles. The van der Waals surface area contributed by atoms with Gasteiger partial charge in [-0.15, -0.1) is 0 Å². The summed E-state index contributed by atoms with van der Waals surface area (Å²) in [6.45, 7) is 12.6. The molecule has 0 bridgehead atoms. The molecular formula is C15H30N2O. The summed E-state index contributed by atoms with van der Waals surface area (Å²) in [4.78, 5) is 2.64. The average molecular weight is 254 g/mol. The topological polar surface area (TPSA) is 24.5 Å². The van der Waals surface area contributed by atoms with Gasteiger partial charge in [-0.25, -0.2) is 0 Å². The van der Waals surface area contributed by atoms with Gasteiger partial charge in [-0.1, -0.05) is 13.3 Å². The zero-order valence-corrected chi connectivity index (χ0v) is 12.4. The summed E-state index contributed by atoms with van der Waals surface area (Å²) >= 11 is 0. The molecule has 2 aliphatic rings. The number of nitrogens with one attached hydrogen (secondary N) is 1. The van der Waals surface area contributed by atoms with E-state index in [9.17, 15) is 0 Å². The van der Waals surface area contributed by atoms with Crippen LogP contribution in [-0.2, 0) is 4.74 Å². The Kier molecular flexibility index (Phi) is 5.05. The van der Waals surface area contributed by atoms with Crippen molar-refractivity contribution in [2.24, 2.45) is 5.41 Å². The standard InChI is InChI=1S/C15H30N2O/c1-4-6-15(7-5-8-16-11-15)12-17-9-13(2)18-14(3)10-17/h13-14,16H,4-12H2,1-3H3. The molecule has 0 aliphatic carbocycles. The second-order valence-corrected chi connectivity index (χ2v) is 6.48. The van der Waals surface area contributed by atoms with Gasteiger partial charge in [-0.2, -0.15) is 0 Å². The van der Waals surface area contributed by atoms with Crippen LogP contribution in [0.25, 0.3) is 0 Å². The van der Waals surface area contributed by atoms with Crippen LogP contribution in [0.3, 0.4) is 0 Å². The van der Waals surface area contributed by atoms with Gasteiger partial charge < -0.3 is 10.1 Å². The molecule has 0 spiro atoms. The van der Waals surface area contributed by atoms with E-state index in [0.717, 1.165) is 13.1 Å². The summed E-state index contributed by atoms with van der Waals surface area (Å²) in [6.07, 6.45) is 6.19. The number of nitrogens with zero attached hydrogens (tertiary/aromatic N) is 1. The van der Waals surface area contributed by atoms with Crippen LogP contribution in [0.2, 0.25) is 0 Å². The largest absolute Gasteiger partial charge is 0.373 e. The first-order chi connectivity index (χ1) is 8.63.